The van der Waals surface area contributed by atoms with Gasteiger partial charge in [-0.3, -0.25) is 9.10 Å². The Hall–Kier alpha value is -2.16. The number of hydrogen-bond acceptors (Lipinski definition) is 5. The molecule has 0 aliphatic rings. The van der Waals surface area contributed by atoms with Crippen LogP contribution < -0.4 is 19.1 Å². The van der Waals surface area contributed by atoms with E-state index in [1.807, 2.05) is 13.0 Å². The molecule has 2 rings (SSSR count). The second-order valence-corrected chi connectivity index (χ2v) is 9.69. The standard InChI is InChI=1S/C21H26Cl2N2O5S/c1-14(15-7-10-19(29-2)20(12-15)30-3)24-21(26)6-5-11-25(31(4,27)28)18-13-16(22)8-9-17(18)23/h7-10,12-14H,5-6,11H2,1-4H3,(H,24,26)/t14-/m0/s1. The lowest BCUT2D eigenvalue weighted by Crippen LogP contribution is -2.32. The Kier molecular flexibility index (Phi) is 8.85. The van der Waals surface area contributed by atoms with Crippen LogP contribution in [-0.2, 0) is 14.8 Å². The predicted molar refractivity (Wildman–Crippen MR) is 124 cm³/mol. The number of amides is 1. The van der Waals surface area contributed by atoms with Gasteiger partial charge in [-0.2, -0.15) is 0 Å². The average Bonchev–Trinajstić information content (AvgIpc) is 2.71. The first-order chi connectivity index (χ1) is 14.6. The van der Waals surface area contributed by atoms with Crippen molar-refractivity contribution in [3.8, 4) is 11.5 Å². The van der Waals surface area contributed by atoms with Crippen LogP contribution in [0.3, 0.4) is 0 Å². The molecule has 0 aliphatic heterocycles. The van der Waals surface area contributed by atoms with Gasteiger partial charge in [-0.05, 0) is 49.2 Å². The summed E-state index contributed by atoms with van der Waals surface area (Å²) >= 11 is 12.1. The molecule has 0 aromatic heterocycles. The van der Waals surface area contributed by atoms with Crippen LogP contribution in [0.1, 0.15) is 31.4 Å². The van der Waals surface area contributed by atoms with E-state index in [1.165, 1.54) is 12.1 Å². The Labute approximate surface area is 193 Å². The number of sulfonamides is 1. The molecule has 31 heavy (non-hydrogen) atoms. The molecule has 0 unspecified atom stereocenters. The maximum atomic E-state index is 12.4. The normalized spacial score (nSPS) is 12.2. The third-order valence-electron chi connectivity index (χ3n) is 4.63. The summed E-state index contributed by atoms with van der Waals surface area (Å²) in [7, 11) is -0.502. The Balaban J connectivity index is 2.00. The van der Waals surface area contributed by atoms with Gasteiger partial charge < -0.3 is 14.8 Å². The number of anilines is 1. The van der Waals surface area contributed by atoms with Crippen LogP contribution in [0.15, 0.2) is 36.4 Å². The summed E-state index contributed by atoms with van der Waals surface area (Å²) in [6, 6.07) is 9.77. The SMILES string of the molecule is COc1ccc([C@H](C)NC(=O)CCCN(c2cc(Cl)ccc2Cl)S(C)(=O)=O)cc1OC. The van der Waals surface area contributed by atoms with Crippen LogP contribution in [0.2, 0.25) is 10.0 Å². The molecule has 0 aliphatic carbocycles. The van der Waals surface area contributed by atoms with Crippen molar-refractivity contribution in [2.24, 2.45) is 0 Å². The number of methoxy groups -OCH3 is 2. The molecular weight excluding hydrogens is 463 g/mol. The minimum Gasteiger partial charge on any atom is -0.493 e. The van der Waals surface area contributed by atoms with E-state index in [0.29, 0.717) is 22.9 Å². The van der Waals surface area contributed by atoms with Gasteiger partial charge in [-0.15, -0.1) is 0 Å². The lowest BCUT2D eigenvalue weighted by molar-refractivity contribution is -0.121. The van der Waals surface area contributed by atoms with Crippen molar-refractivity contribution in [3.05, 3.63) is 52.0 Å². The van der Waals surface area contributed by atoms with Crippen molar-refractivity contribution in [2.75, 3.05) is 31.3 Å². The minimum absolute atomic E-state index is 0.0943. The van der Waals surface area contributed by atoms with Crippen molar-refractivity contribution < 1.29 is 22.7 Å². The summed E-state index contributed by atoms with van der Waals surface area (Å²) in [5.74, 6) is 0.974. The van der Waals surface area contributed by atoms with E-state index in [0.717, 1.165) is 16.1 Å². The van der Waals surface area contributed by atoms with Crippen LogP contribution in [0.5, 0.6) is 11.5 Å². The summed E-state index contributed by atoms with van der Waals surface area (Å²) in [4.78, 5) is 12.4. The fraction of sp³-hybridized carbons (Fsp3) is 0.381. The van der Waals surface area contributed by atoms with Crippen molar-refractivity contribution in [1.29, 1.82) is 0 Å². The quantitative estimate of drug-likeness (QED) is 0.534. The van der Waals surface area contributed by atoms with E-state index in [4.69, 9.17) is 32.7 Å². The predicted octanol–water partition coefficient (Wildman–Crippen LogP) is 4.43. The second kappa shape index (κ2) is 10.9. The second-order valence-electron chi connectivity index (χ2n) is 6.94. The van der Waals surface area contributed by atoms with E-state index in [2.05, 4.69) is 5.32 Å². The molecule has 1 N–H and O–H groups in total. The summed E-state index contributed by atoms with van der Waals surface area (Å²) < 4.78 is 36.2. The van der Waals surface area contributed by atoms with E-state index in [1.54, 1.807) is 32.4 Å². The minimum atomic E-state index is -3.60. The Bertz CT molecular complexity index is 1030. The molecule has 2 aromatic rings. The topological polar surface area (TPSA) is 84.9 Å². The highest BCUT2D eigenvalue weighted by molar-refractivity contribution is 7.92. The zero-order valence-electron chi connectivity index (χ0n) is 17.8. The number of benzene rings is 2. The first-order valence-corrected chi connectivity index (χ1v) is 12.1. The molecule has 0 saturated carbocycles. The van der Waals surface area contributed by atoms with Crippen molar-refractivity contribution in [2.45, 2.75) is 25.8 Å². The molecular formula is C21H26Cl2N2O5S. The monoisotopic (exact) mass is 488 g/mol. The van der Waals surface area contributed by atoms with Gasteiger partial charge in [0.15, 0.2) is 11.5 Å². The smallest absolute Gasteiger partial charge is 0.232 e. The van der Waals surface area contributed by atoms with E-state index in [9.17, 15) is 13.2 Å². The van der Waals surface area contributed by atoms with E-state index >= 15 is 0 Å². The molecule has 1 atom stereocenters. The van der Waals surface area contributed by atoms with Gasteiger partial charge in [0.2, 0.25) is 15.9 Å². The van der Waals surface area contributed by atoms with Gasteiger partial charge in [0.1, 0.15) is 0 Å². The van der Waals surface area contributed by atoms with Gasteiger partial charge in [0.05, 0.1) is 37.2 Å². The lowest BCUT2D eigenvalue weighted by atomic mass is 10.1. The molecule has 1 amide bonds. The Morgan fingerprint density at radius 3 is 2.39 bits per heavy atom. The first kappa shape index (κ1) is 25.1. The summed E-state index contributed by atoms with van der Waals surface area (Å²) in [5.41, 5.74) is 1.14. The highest BCUT2D eigenvalue weighted by atomic mass is 35.5. The third-order valence-corrected chi connectivity index (χ3v) is 6.36. The van der Waals surface area contributed by atoms with Gasteiger partial charge in [-0.25, -0.2) is 8.42 Å². The fourth-order valence-corrected chi connectivity index (χ4v) is 4.45. The number of carbonyl (C=O) groups is 1. The van der Waals surface area contributed by atoms with Crippen LogP contribution in [0.4, 0.5) is 5.69 Å². The highest BCUT2D eigenvalue weighted by Crippen LogP contribution is 2.31. The highest BCUT2D eigenvalue weighted by Gasteiger charge is 2.21. The summed E-state index contributed by atoms with van der Waals surface area (Å²) in [6.07, 6.45) is 1.53. The number of rotatable bonds is 10. The van der Waals surface area contributed by atoms with E-state index < -0.39 is 10.0 Å². The number of ether oxygens (including phenoxy) is 2. The molecule has 0 heterocycles. The number of halogens is 2. The molecule has 10 heteroatoms. The van der Waals surface area contributed by atoms with Crippen molar-refractivity contribution >= 4 is 44.8 Å². The maximum Gasteiger partial charge on any atom is 0.232 e. The Morgan fingerprint density at radius 1 is 1.10 bits per heavy atom. The van der Waals surface area contributed by atoms with E-state index in [-0.39, 0.29) is 35.6 Å². The maximum absolute atomic E-state index is 12.4. The van der Waals surface area contributed by atoms with Crippen LogP contribution in [0.25, 0.3) is 0 Å². The third kappa shape index (κ3) is 6.92. The number of nitrogens with zero attached hydrogens (tertiary/aromatic N) is 1. The molecule has 0 fully saturated rings. The lowest BCUT2D eigenvalue weighted by Gasteiger charge is -2.24. The fourth-order valence-electron chi connectivity index (χ4n) is 3.04. The molecule has 170 valence electrons. The Morgan fingerprint density at radius 2 is 1.77 bits per heavy atom. The molecule has 0 spiro atoms. The number of nitrogens with one attached hydrogen (secondary N) is 1. The van der Waals surface area contributed by atoms with Crippen molar-refractivity contribution in [1.82, 2.24) is 5.32 Å². The average molecular weight is 489 g/mol. The summed E-state index contributed by atoms with van der Waals surface area (Å²) in [6.45, 7) is 1.95. The van der Waals surface area contributed by atoms with Gasteiger partial charge in [0.25, 0.3) is 0 Å². The first-order valence-electron chi connectivity index (χ1n) is 9.51. The molecule has 0 bridgehead atoms. The molecule has 2 aromatic carbocycles. The number of hydrogen-bond donors (Lipinski definition) is 1. The molecule has 0 saturated heterocycles. The molecule has 7 nitrogen and oxygen atoms in total. The van der Waals surface area contributed by atoms with Gasteiger partial charge in [0, 0.05) is 18.0 Å². The number of carbonyl (C=O) groups excluding carboxylic acids is 1. The van der Waals surface area contributed by atoms with Crippen LogP contribution in [-0.4, -0.2) is 41.3 Å². The van der Waals surface area contributed by atoms with Gasteiger partial charge in [-0.1, -0.05) is 29.3 Å². The largest absolute Gasteiger partial charge is 0.493 e. The van der Waals surface area contributed by atoms with Crippen LogP contribution >= 0.6 is 23.2 Å². The van der Waals surface area contributed by atoms with Crippen molar-refractivity contribution in [3.63, 3.8) is 0 Å². The summed E-state index contributed by atoms with van der Waals surface area (Å²) in [5, 5.41) is 3.54. The zero-order chi connectivity index (χ0) is 23.2. The zero-order valence-corrected chi connectivity index (χ0v) is 20.1. The van der Waals surface area contributed by atoms with Gasteiger partial charge >= 0.3 is 0 Å². The van der Waals surface area contributed by atoms with Crippen LogP contribution in [0, 0.1) is 0 Å². The molecule has 0 radical (unpaired) electrons.